The number of nitrogens with one attached hydrogen (secondary N) is 2. The van der Waals surface area contributed by atoms with Crippen molar-refractivity contribution in [1.82, 2.24) is 25.4 Å². The average molecular weight is 337 g/mol. The molecule has 0 saturated carbocycles. The molecule has 2 amide bonds. The van der Waals surface area contributed by atoms with Crippen molar-refractivity contribution in [1.29, 1.82) is 0 Å². The van der Waals surface area contributed by atoms with E-state index in [-0.39, 0.29) is 18.0 Å². The molecule has 0 saturated heterocycles. The van der Waals surface area contributed by atoms with Gasteiger partial charge in [0.05, 0.1) is 29.5 Å². The molecule has 2 heterocycles. The summed E-state index contributed by atoms with van der Waals surface area (Å²) in [4.78, 5) is 16.3. The van der Waals surface area contributed by atoms with Gasteiger partial charge >= 0.3 is 6.03 Å². The molecule has 0 aromatic carbocycles. The molecule has 7 nitrogen and oxygen atoms in total. The van der Waals surface area contributed by atoms with Gasteiger partial charge in [-0.25, -0.2) is 9.78 Å². The fourth-order valence-corrected chi connectivity index (χ4v) is 2.79. The van der Waals surface area contributed by atoms with Crippen molar-refractivity contribution >= 4 is 17.4 Å². The fraction of sp³-hybridized carbons (Fsp3) is 0.533. The number of aliphatic hydroxyl groups is 1. The lowest BCUT2D eigenvalue weighted by Gasteiger charge is -2.13. The Hall–Kier alpha value is -1.93. The number of urea groups is 1. The van der Waals surface area contributed by atoms with Gasteiger partial charge in [-0.3, -0.25) is 4.68 Å². The number of aliphatic hydroxyl groups excluding tert-OH is 1. The number of nitrogens with zero attached hydrogens (tertiary/aromatic N) is 3. The van der Waals surface area contributed by atoms with Gasteiger partial charge in [-0.1, -0.05) is 20.8 Å². The van der Waals surface area contributed by atoms with Crippen LogP contribution in [0, 0.1) is 0 Å². The standard InChI is InChI=1S/C15H23N5O2S/c1-15(2,3)13-19-11(9-23-13)6-16-14(22)17-7-12(21)10-5-18-20(4)8-10/h5,8-9,12,21H,6-7H2,1-4H3,(H2,16,17,22). The van der Waals surface area contributed by atoms with Crippen molar-refractivity contribution in [2.45, 2.75) is 38.8 Å². The van der Waals surface area contributed by atoms with E-state index < -0.39 is 6.10 Å². The van der Waals surface area contributed by atoms with Gasteiger partial charge in [0, 0.05) is 36.1 Å². The molecule has 0 aliphatic rings. The highest BCUT2D eigenvalue weighted by Crippen LogP contribution is 2.25. The number of hydrogen-bond donors (Lipinski definition) is 3. The summed E-state index contributed by atoms with van der Waals surface area (Å²) in [5, 5.41) is 22.3. The Bertz CT molecular complexity index is 659. The topological polar surface area (TPSA) is 92.1 Å². The molecule has 0 fully saturated rings. The van der Waals surface area contributed by atoms with Crippen molar-refractivity contribution in [2.24, 2.45) is 7.05 Å². The summed E-state index contributed by atoms with van der Waals surface area (Å²) in [5.41, 5.74) is 1.52. The third kappa shape index (κ3) is 5.04. The highest BCUT2D eigenvalue weighted by Gasteiger charge is 2.18. The predicted octanol–water partition coefficient (Wildman–Crippen LogP) is 1.71. The highest BCUT2D eigenvalue weighted by atomic mass is 32.1. The fourth-order valence-electron chi connectivity index (χ4n) is 1.89. The van der Waals surface area contributed by atoms with Gasteiger partial charge in [0.2, 0.25) is 0 Å². The number of carbonyl (C=O) groups excluding carboxylic acids is 1. The van der Waals surface area contributed by atoms with Gasteiger partial charge in [-0.05, 0) is 0 Å². The zero-order chi connectivity index (χ0) is 17.0. The Morgan fingerprint density at radius 3 is 2.74 bits per heavy atom. The Morgan fingerprint density at radius 1 is 1.43 bits per heavy atom. The Morgan fingerprint density at radius 2 is 2.17 bits per heavy atom. The summed E-state index contributed by atoms with van der Waals surface area (Å²) in [7, 11) is 1.77. The molecule has 1 unspecified atom stereocenters. The molecule has 2 aromatic heterocycles. The molecule has 0 bridgehead atoms. The van der Waals surface area contributed by atoms with Crippen molar-refractivity contribution in [3.05, 3.63) is 34.0 Å². The maximum atomic E-state index is 11.8. The molecule has 0 radical (unpaired) electrons. The third-order valence-electron chi connectivity index (χ3n) is 3.19. The van der Waals surface area contributed by atoms with E-state index in [1.807, 2.05) is 5.38 Å². The quantitative estimate of drug-likeness (QED) is 0.774. The first-order valence-corrected chi connectivity index (χ1v) is 8.27. The zero-order valence-electron chi connectivity index (χ0n) is 13.8. The highest BCUT2D eigenvalue weighted by molar-refractivity contribution is 7.09. The van der Waals surface area contributed by atoms with Crippen LogP contribution >= 0.6 is 11.3 Å². The van der Waals surface area contributed by atoms with Gasteiger partial charge in [-0.2, -0.15) is 5.10 Å². The summed E-state index contributed by atoms with van der Waals surface area (Å²) in [6.45, 7) is 6.81. The Labute approximate surface area is 139 Å². The Kier molecular flexibility index (Phi) is 5.38. The van der Waals surface area contributed by atoms with Gasteiger partial charge in [-0.15, -0.1) is 11.3 Å². The largest absolute Gasteiger partial charge is 0.386 e. The number of carbonyl (C=O) groups is 1. The van der Waals surface area contributed by atoms with Gasteiger partial charge in [0.25, 0.3) is 0 Å². The van der Waals surface area contributed by atoms with Crippen LogP contribution in [0.5, 0.6) is 0 Å². The molecular weight excluding hydrogens is 314 g/mol. The summed E-state index contributed by atoms with van der Waals surface area (Å²) < 4.78 is 1.60. The molecule has 2 aromatic rings. The molecule has 0 aliphatic heterocycles. The molecular formula is C15H23N5O2S. The van der Waals surface area contributed by atoms with Crippen LogP contribution < -0.4 is 10.6 Å². The number of rotatable bonds is 5. The molecule has 1 atom stereocenters. The molecule has 126 valence electrons. The summed E-state index contributed by atoms with van der Waals surface area (Å²) >= 11 is 1.59. The molecule has 2 rings (SSSR count). The van der Waals surface area contributed by atoms with Crippen molar-refractivity contribution in [2.75, 3.05) is 6.54 Å². The SMILES string of the molecule is Cn1cc(C(O)CNC(=O)NCc2csc(C(C)(C)C)n2)cn1. The molecule has 0 aliphatic carbocycles. The normalized spacial score (nSPS) is 12.9. The summed E-state index contributed by atoms with van der Waals surface area (Å²) in [6.07, 6.45) is 2.52. The van der Waals surface area contributed by atoms with Crippen LogP contribution in [-0.2, 0) is 19.0 Å². The summed E-state index contributed by atoms with van der Waals surface area (Å²) in [5.74, 6) is 0. The first-order valence-electron chi connectivity index (χ1n) is 7.39. The van der Waals surface area contributed by atoms with Crippen molar-refractivity contribution < 1.29 is 9.90 Å². The van der Waals surface area contributed by atoms with E-state index in [1.54, 1.807) is 35.5 Å². The van der Waals surface area contributed by atoms with E-state index in [0.717, 1.165) is 10.7 Å². The minimum absolute atomic E-state index is 0.0129. The van der Waals surface area contributed by atoms with E-state index in [0.29, 0.717) is 12.1 Å². The lowest BCUT2D eigenvalue weighted by molar-refractivity contribution is 0.173. The van der Waals surface area contributed by atoms with Crippen molar-refractivity contribution in [3.8, 4) is 0 Å². The number of hydrogen-bond acceptors (Lipinski definition) is 5. The van der Waals surface area contributed by atoms with Crippen LogP contribution in [0.2, 0.25) is 0 Å². The van der Waals surface area contributed by atoms with E-state index >= 15 is 0 Å². The van der Waals surface area contributed by atoms with E-state index in [2.05, 4.69) is 41.5 Å². The molecule has 8 heteroatoms. The number of aromatic nitrogens is 3. The number of amides is 2. The van der Waals surface area contributed by atoms with Crippen LogP contribution in [0.15, 0.2) is 17.8 Å². The molecule has 3 N–H and O–H groups in total. The maximum absolute atomic E-state index is 11.8. The molecule has 23 heavy (non-hydrogen) atoms. The minimum Gasteiger partial charge on any atom is -0.386 e. The minimum atomic E-state index is -0.777. The first-order chi connectivity index (χ1) is 10.8. The third-order valence-corrected chi connectivity index (χ3v) is 4.51. The van der Waals surface area contributed by atoms with Crippen LogP contribution in [0.25, 0.3) is 0 Å². The second-order valence-electron chi connectivity index (χ2n) is 6.42. The first kappa shape index (κ1) is 17.4. The van der Waals surface area contributed by atoms with E-state index in [9.17, 15) is 9.90 Å². The van der Waals surface area contributed by atoms with E-state index in [1.165, 1.54) is 0 Å². The Balaban J connectivity index is 1.76. The molecule has 0 spiro atoms. The number of thiazole rings is 1. The number of aryl methyl sites for hydroxylation is 1. The lowest BCUT2D eigenvalue weighted by Crippen LogP contribution is -2.37. The van der Waals surface area contributed by atoms with E-state index in [4.69, 9.17) is 0 Å². The predicted molar refractivity (Wildman–Crippen MR) is 89.2 cm³/mol. The van der Waals surface area contributed by atoms with Gasteiger partial charge in [0.1, 0.15) is 0 Å². The zero-order valence-corrected chi connectivity index (χ0v) is 14.6. The average Bonchev–Trinajstić information content (AvgIpc) is 3.10. The van der Waals surface area contributed by atoms with Gasteiger partial charge in [0.15, 0.2) is 0 Å². The second-order valence-corrected chi connectivity index (χ2v) is 7.28. The van der Waals surface area contributed by atoms with Crippen LogP contribution in [0.4, 0.5) is 4.79 Å². The smallest absolute Gasteiger partial charge is 0.315 e. The monoisotopic (exact) mass is 337 g/mol. The maximum Gasteiger partial charge on any atom is 0.315 e. The lowest BCUT2D eigenvalue weighted by atomic mass is 9.98. The second kappa shape index (κ2) is 7.10. The van der Waals surface area contributed by atoms with Crippen LogP contribution in [-0.4, -0.2) is 32.4 Å². The van der Waals surface area contributed by atoms with Gasteiger partial charge < -0.3 is 15.7 Å². The summed E-state index contributed by atoms with van der Waals surface area (Å²) in [6, 6.07) is -0.335. The van der Waals surface area contributed by atoms with Crippen LogP contribution in [0.1, 0.15) is 43.1 Å². The van der Waals surface area contributed by atoms with Crippen LogP contribution in [0.3, 0.4) is 0 Å². The van der Waals surface area contributed by atoms with Crippen molar-refractivity contribution in [3.63, 3.8) is 0 Å².